The molecule has 0 N–H and O–H groups in total. The lowest BCUT2D eigenvalue weighted by Gasteiger charge is -2.33. The fourth-order valence-corrected chi connectivity index (χ4v) is 5.80. The van der Waals surface area contributed by atoms with Gasteiger partial charge in [0.05, 0.1) is 11.5 Å². The molecule has 1 aliphatic rings. The van der Waals surface area contributed by atoms with E-state index in [0.29, 0.717) is 34.6 Å². The Morgan fingerprint density at radius 3 is 2.56 bits per heavy atom. The highest BCUT2D eigenvalue weighted by molar-refractivity contribution is 9.10. The Hall–Kier alpha value is -0.420. The van der Waals surface area contributed by atoms with Crippen LogP contribution in [0.25, 0.3) is 0 Å². The predicted octanol–water partition coefficient (Wildman–Crippen LogP) is 2.82. The molecule has 4 nitrogen and oxygen atoms in total. The van der Waals surface area contributed by atoms with E-state index >= 15 is 0 Å². The first-order chi connectivity index (χ1) is 8.39. The van der Waals surface area contributed by atoms with Crippen molar-refractivity contribution in [2.45, 2.75) is 24.0 Å². The monoisotopic (exact) mass is 348 g/mol. The second-order valence-electron chi connectivity index (χ2n) is 4.63. The smallest absolute Gasteiger partial charge is 0.206 e. The van der Waals surface area contributed by atoms with Crippen LogP contribution in [0.15, 0.2) is 20.1 Å². The van der Waals surface area contributed by atoms with Crippen molar-refractivity contribution in [3.63, 3.8) is 0 Å². The van der Waals surface area contributed by atoms with Crippen LogP contribution in [0, 0.1) is 16.7 Å². The minimum absolute atomic E-state index is 0.350. The van der Waals surface area contributed by atoms with Crippen LogP contribution in [0.5, 0.6) is 0 Å². The molecule has 0 unspecified atom stereocenters. The zero-order valence-corrected chi connectivity index (χ0v) is 13.1. The van der Waals surface area contributed by atoms with Gasteiger partial charge in [-0.3, -0.25) is 0 Å². The van der Waals surface area contributed by atoms with Gasteiger partial charge in [-0.15, -0.1) is 11.3 Å². The van der Waals surface area contributed by atoms with Gasteiger partial charge in [0.2, 0.25) is 0 Å². The normalized spacial score (nSPS) is 20.5. The van der Waals surface area contributed by atoms with Gasteiger partial charge in [-0.05, 0) is 47.1 Å². The van der Waals surface area contributed by atoms with Crippen molar-refractivity contribution >= 4 is 37.3 Å². The van der Waals surface area contributed by atoms with Crippen LogP contribution in [0.2, 0.25) is 0 Å². The van der Waals surface area contributed by atoms with Crippen LogP contribution < -0.4 is 0 Å². The fraction of sp³-hybridized carbons (Fsp3) is 0.545. The van der Waals surface area contributed by atoms with Gasteiger partial charge < -0.3 is 0 Å². The lowest BCUT2D eigenvalue weighted by molar-refractivity contribution is 0.232. The van der Waals surface area contributed by atoms with Crippen LogP contribution in [0.1, 0.15) is 19.8 Å². The third kappa shape index (κ3) is 2.48. The zero-order chi connectivity index (χ0) is 13.4. The molecule has 0 aliphatic carbocycles. The molecule has 0 saturated carbocycles. The third-order valence-corrected chi connectivity index (χ3v) is 7.80. The maximum absolute atomic E-state index is 12.4. The first-order valence-electron chi connectivity index (χ1n) is 5.53. The Morgan fingerprint density at radius 1 is 1.50 bits per heavy atom. The summed E-state index contributed by atoms with van der Waals surface area (Å²) in [4.78, 5) is 0. The Kier molecular flexibility index (Phi) is 3.83. The first kappa shape index (κ1) is 14.0. The van der Waals surface area contributed by atoms with E-state index in [1.54, 1.807) is 11.4 Å². The minimum Gasteiger partial charge on any atom is -0.206 e. The van der Waals surface area contributed by atoms with Gasteiger partial charge in [-0.1, -0.05) is 0 Å². The maximum atomic E-state index is 12.4. The lowest BCUT2D eigenvalue weighted by Crippen LogP contribution is -2.41. The van der Waals surface area contributed by atoms with Gasteiger partial charge in [-0.25, -0.2) is 8.42 Å². The Labute approximate surface area is 119 Å². The molecule has 1 aliphatic heterocycles. The summed E-state index contributed by atoms with van der Waals surface area (Å²) in [5.74, 6) is 0. The number of thiophene rings is 1. The number of nitriles is 1. The van der Waals surface area contributed by atoms with Crippen molar-refractivity contribution in [2.24, 2.45) is 5.41 Å². The third-order valence-electron chi connectivity index (χ3n) is 3.25. The topological polar surface area (TPSA) is 61.2 Å². The van der Waals surface area contributed by atoms with Crippen molar-refractivity contribution in [1.82, 2.24) is 4.31 Å². The number of piperidine rings is 1. The van der Waals surface area contributed by atoms with Crippen LogP contribution in [-0.4, -0.2) is 25.8 Å². The van der Waals surface area contributed by atoms with Gasteiger partial charge in [0, 0.05) is 17.6 Å². The van der Waals surface area contributed by atoms with Crippen LogP contribution in [-0.2, 0) is 10.0 Å². The van der Waals surface area contributed by atoms with E-state index in [-0.39, 0.29) is 0 Å². The molecule has 0 radical (unpaired) electrons. The summed E-state index contributed by atoms with van der Waals surface area (Å²) in [5.41, 5.74) is -0.390. The minimum atomic E-state index is -3.41. The standard InChI is InChI=1S/C11H13BrN2O2S2/c1-11(8-13)3-5-14(6-4-11)18(15,16)10-9(12)2-7-17-10/h2,7H,3-6H2,1H3. The van der Waals surface area contributed by atoms with E-state index in [4.69, 9.17) is 5.26 Å². The van der Waals surface area contributed by atoms with Crippen LogP contribution in [0.4, 0.5) is 0 Å². The summed E-state index contributed by atoms with van der Waals surface area (Å²) in [7, 11) is -3.41. The molecule has 1 aromatic rings. The molecule has 98 valence electrons. The molecule has 0 aromatic carbocycles. The quantitative estimate of drug-likeness (QED) is 0.825. The first-order valence-corrected chi connectivity index (χ1v) is 8.65. The Bertz CT molecular complexity index is 580. The molecule has 0 atom stereocenters. The molecule has 1 aromatic heterocycles. The average Bonchev–Trinajstić information content (AvgIpc) is 2.77. The van der Waals surface area contributed by atoms with Gasteiger partial charge in [0.15, 0.2) is 0 Å². The molecule has 7 heteroatoms. The molecule has 0 bridgehead atoms. The summed E-state index contributed by atoms with van der Waals surface area (Å²) >= 11 is 4.47. The molecule has 0 amide bonds. The average molecular weight is 349 g/mol. The second kappa shape index (κ2) is 4.93. The highest BCUT2D eigenvalue weighted by Crippen LogP contribution is 2.35. The van der Waals surface area contributed by atoms with Crippen molar-refractivity contribution in [3.05, 3.63) is 15.9 Å². The summed E-state index contributed by atoms with van der Waals surface area (Å²) in [6.45, 7) is 2.71. The van der Waals surface area contributed by atoms with Crippen LogP contribution in [0.3, 0.4) is 0 Å². The summed E-state index contributed by atoms with van der Waals surface area (Å²) < 4.78 is 27.2. The molecule has 18 heavy (non-hydrogen) atoms. The van der Waals surface area contributed by atoms with Crippen molar-refractivity contribution < 1.29 is 8.42 Å². The number of sulfonamides is 1. The highest BCUT2D eigenvalue weighted by Gasteiger charge is 2.36. The number of hydrogen-bond acceptors (Lipinski definition) is 4. The van der Waals surface area contributed by atoms with E-state index in [2.05, 4.69) is 22.0 Å². The molecular weight excluding hydrogens is 336 g/mol. The van der Waals surface area contributed by atoms with Crippen molar-refractivity contribution in [2.75, 3.05) is 13.1 Å². The van der Waals surface area contributed by atoms with Gasteiger partial charge in [0.25, 0.3) is 10.0 Å². The Balaban J connectivity index is 2.21. The van der Waals surface area contributed by atoms with E-state index in [9.17, 15) is 8.42 Å². The molecular formula is C11H13BrN2O2S2. The summed E-state index contributed by atoms with van der Waals surface area (Å²) in [6.07, 6.45) is 1.18. The van der Waals surface area contributed by atoms with Crippen molar-refractivity contribution in [1.29, 1.82) is 5.26 Å². The number of hydrogen-bond donors (Lipinski definition) is 0. The maximum Gasteiger partial charge on any atom is 0.253 e. The zero-order valence-electron chi connectivity index (χ0n) is 9.89. The van der Waals surface area contributed by atoms with E-state index < -0.39 is 15.4 Å². The van der Waals surface area contributed by atoms with Gasteiger partial charge >= 0.3 is 0 Å². The van der Waals surface area contributed by atoms with Gasteiger partial charge in [-0.2, -0.15) is 9.57 Å². The predicted molar refractivity (Wildman–Crippen MR) is 73.7 cm³/mol. The molecule has 2 rings (SSSR count). The molecule has 1 fully saturated rings. The number of rotatable bonds is 2. The number of halogens is 1. The van der Waals surface area contributed by atoms with Crippen molar-refractivity contribution in [3.8, 4) is 6.07 Å². The molecule has 1 saturated heterocycles. The fourth-order valence-electron chi connectivity index (χ4n) is 1.91. The van der Waals surface area contributed by atoms with E-state index in [1.807, 2.05) is 6.92 Å². The molecule has 0 spiro atoms. The summed E-state index contributed by atoms with van der Waals surface area (Å²) in [5, 5.41) is 10.8. The Morgan fingerprint density at radius 2 is 2.11 bits per heavy atom. The largest absolute Gasteiger partial charge is 0.253 e. The SMILES string of the molecule is CC1(C#N)CCN(S(=O)(=O)c2sccc2Br)CC1. The highest BCUT2D eigenvalue weighted by atomic mass is 79.9. The summed E-state index contributed by atoms with van der Waals surface area (Å²) in [6, 6.07) is 4.01. The number of nitrogens with zero attached hydrogens (tertiary/aromatic N) is 2. The second-order valence-corrected chi connectivity index (χ2v) is 8.54. The van der Waals surface area contributed by atoms with Crippen LogP contribution >= 0.6 is 27.3 Å². The van der Waals surface area contributed by atoms with E-state index in [1.165, 1.54) is 15.6 Å². The van der Waals surface area contributed by atoms with Gasteiger partial charge in [0.1, 0.15) is 4.21 Å². The molecule has 2 heterocycles. The lowest BCUT2D eigenvalue weighted by atomic mass is 9.83. The van der Waals surface area contributed by atoms with E-state index in [0.717, 1.165) is 0 Å².